The second-order valence-corrected chi connectivity index (χ2v) is 24.3. The minimum Gasteiger partial charge on any atom is 0 e. The van der Waals surface area contributed by atoms with E-state index in [2.05, 4.69) is 178 Å². The van der Waals surface area contributed by atoms with Crippen LogP contribution >= 0.6 is 0 Å². The first-order valence-corrected chi connectivity index (χ1v) is 33.5. The van der Waals surface area contributed by atoms with Gasteiger partial charge < -0.3 is 11.1 Å². The quantitative estimate of drug-likeness (QED) is 0.0203. The monoisotopic (exact) mass is 1200 g/mol. The minimum absolute atomic E-state index is 0. The zero-order chi connectivity index (χ0) is 56.3. The van der Waals surface area contributed by atoms with E-state index in [1.807, 2.05) is 0 Å². The number of aryl methyl sites for hydroxylation is 4. The van der Waals surface area contributed by atoms with Crippen LogP contribution in [0.3, 0.4) is 0 Å². The van der Waals surface area contributed by atoms with Gasteiger partial charge in [-0.15, -0.1) is 11.8 Å². The summed E-state index contributed by atoms with van der Waals surface area (Å²) in [6.07, 6.45) is 31.8. The fourth-order valence-electron chi connectivity index (χ4n) is 11.1. The average Bonchev–Trinajstić information content (AvgIpc) is 4.14. The standard InChI is InChI=1S/C38H52N2.C31H42N2.2C2H5.Ni.Pd/c1-5-9-12-15-16-19-26-36-34(8-4)37(33-29-27-31(28-30-33)22-17-13-10-6-2)40(39)38(36)35-25-21-20-24-32(35)23-18-14-11-7-3;1-5-8-10-12-15-25-19-21-27(22-20-25)31-29(7-3)24(4)30(33(31)32)28-18-14-17-26(23-28)16-13-11-9-6-2;2*1-2;;/h20-21,24-25,27-30H,5-10,12-13,15-19,22-23,26H2,1-4H3;14,17-23H,5-13,15-16H2,1-4H3;2*1H2,2H3;;. The van der Waals surface area contributed by atoms with Gasteiger partial charge in [-0.25, -0.2) is 9.39 Å². The van der Waals surface area contributed by atoms with Gasteiger partial charge >= 0.3 is 41.6 Å². The molecular weight excluding hydrogens is 1100 g/mol. The molecule has 0 amide bonds. The second-order valence-electron chi connectivity index (χ2n) is 21.3. The maximum Gasteiger partial charge on any atom is 0 e. The molecule has 4 aromatic rings. The van der Waals surface area contributed by atoms with Crippen molar-refractivity contribution in [3.05, 3.63) is 175 Å². The third-order valence-corrected chi connectivity index (χ3v) is 16.9. The molecule has 2 aliphatic heterocycles. The molecule has 79 heavy (non-hydrogen) atoms. The van der Waals surface area contributed by atoms with Crippen molar-refractivity contribution in [2.24, 2.45) is 0 Å². The van der Waals surface area contributed by atoms with Gasteiger partial charge in [0, 0.05) is 73.9 Å². The van der Waals surface area contributed by atoms with Crippen LogP contribution in [0, 0.1) is 11.8 Å². The smallest absolute Gasteiger partial charge is 0 e. The summed E-state index contributed by atoms with van der Waals surface area (Å²) >= 11 is 1.04. The van der Waals surface area contributed by atoms with E-state index < -0.39 is 0 Å². The SMILES string of the molecule is CCC#CCCc1ccccc1C1=C(CCCCCCCC)C(CC)=C(c2ccc(CCCCCC)cc2)[N+]1=[N-].CCCCCCc1ccc(C2=C(CC)C(C)=C(c3cccc(CCCCCC)c3)[N+]2=[N-])cc1.C[CH2][Pd][CH2]C.[Ni]. The number of hydrogen-bond acceptors (Lipinski definition) is 0. The first kappa shape index (κ1) is 69.0. The van der Waals surface area contributed by atoms with Gasteiger partial charge in [0.05, 0.1) is 0 Å². The Hall–Kier alpha value is -4.24. The predicted octanol–water partition coefficient (Wildman–Crippen LogP) is 23.0. The third kappa shape index (κ3) is 22.2. The van der Waals surface area contributed by atoms with Crippen molar-refractivity contribution in [1.82, 2.24) is 0 Å². The fourth-order valence-corrected chi connectivity index (χ4v) is 11.9. The molecule has 0 atom stereocenters. The number of rotatable bonds is 32. The van der Waals surface area contributed by atoms with E-state index in [0.29, 0.717) is 0 Å². The van der Waals surface area contributed by atoms with Gasteiger partial charge in [0.1, 0.15) is 0 Å². The Morgan fingerprint density at radius 3 is 1.38 bits per heavy atom. The summed E-state index contributed by atoms with van der Waals surface area (Å²) in [5, 5.41) is 0. The predicted molar refractivity (Wildman–Crippen MR) is 336 cm³/mol. The molecule has 0 aromatic heterocycles. The van der Waals surface area contributed by atoms with Crippen LogP contribution < -0.4 is 0 Å². The zero-order valence-corrected chi connectivity index (χ0v) is 53.7. The molecule has 0 spiro atoms. The van der Waals surface area contributed by atoms with E-state index in [-0.39, 0.29) is 16.5 Å². The molecule has 2 heterocycles. The van der Waals surface area contributed by atoms with E-state index in [1.165, 1.54) is 173 Å². The van der Waals surface area contributed by atoms with Gasteiger partial charge in [0.15, 0.2) is 0 Å². The van der Waals surface area contributed by atoms with Crippen LogP contribution in [0.2, 0.25) is 9.79 Å². The number of benzene rings is 4. The van der Waals surface area contributed by atoms with Crippen LogP contribution in [0.1, 0.15) is 261 Å². The Morgan fingerprint density at radius 1 is 0.405 bits per heavy atom. The molecule has 436 valence electrons. The number of nitrogens with zero attached hydrogens (tertiary/aromatic N) is 4. The molecule has 0 radical (unpaired) electrons. The Bertz CT molecular complexity index is 2620. The summed E-state index contributed by atoms with van der Waals surface area (Å²) in [5.41, 5.74) is 42.0. The normalized spacial score (nSPS) is 13.1. The summed E-state index contributed by atoms with van der Waals surface area (Å²) in [5.74, 6) is 6.52. The fraction of sp³-hybridized carbons (Fsp3) is 0.534. The number of hydrogen-bond donors (Lipinski definition) is 0. The van der Waals surface area contributed by atoms with Crippen molar-refractivity contribution in [3.8, 4) is 11.8 Å². The largest absolute Gasteiger partial charge is 0 e. The maximum atomic E-state index is 11.9. The topological polar surface area (TPSA) is 50.6 Å². The molecule has 0 aliphatic carbocycles. The molecule has 0 saturated carbocycles. The van der Waals surface area contributed by atoms with Gasteiger partial charge in [-0.2, -0.15) is 0 Å². The van der Waals surface area contributed by atoms with E-state index >= 15 is 0 Å². The summed E-state index contributed by atoms with van der Waals surface area (Å²) in [7, 11) is 0. The zero-order valence-electron chi connectivity index (χ0n) is 51.2. The van der Waals surface area contributed by atoms with Gasteiger partial charge in [-0.1, -0.05) is 193 Å². The van der Waals surface area contributed by atoms with E-state index in [9.17, 15) is 11.1 Å². The Labute approximate surface area is 502 Å². The Balaban J connectivity index is 0.000000383. The average molecular weight is 1200 g/mol. The van der Waals surface area contributed by atoms with Crippen LogP contribution in [0.4, 0.5) is 0 Å². The first-order valence-electron chi connectivity index (χ1n) is 31.3. The minimum atomic E-state index is 0. The summed E-state index contributed by atoms with van der Waals surface area (Å²) in [4.78, 5) is 2.79. The summed E-state index contributed by atoms with van der Waals surface area (Å²) in [6.45, 7) is 22.2. The van der Waals surface area contributed by atoms with Gasteiger partial charge in [0.25, 0.3) is 0 Å². The number of unbranched alkanes of at least 4 members (excludes halogenated alkanes) is 14. The molecule has 0 bridgehead atoms. The van der Waals surface area contributed by atoms with Crippen LogP contribution in [0.25, 0.3) is 33.9 Å². The molecule has 4 nitrogen and oxygen atoms in total. The molecule has 0 fully saturated rings. The maximum absolute atomic E-state index is 11.9. The van der Waals surface area contributed by atoms with Crippen LogP contribution in [-0.4, -0.2) is 9.39 Å². The summed E-state index contributed by atoms with van der Waals surface area (Å²) in [6, 6.07) is 35.2. The molecular formula is C73H104N4NiPd. The van der Waals surface area contributed by atoms with Crippen molar-refractivity contribution < 1.29 is 43.9 Å². The Morgan fingerprint density at radius 2 is 0.873 bits per heavy atom. The Kier molecular flexibility index (Phi) is 35.7. The van der Waals surface area contributed by atoms with Gasteiger partial charge in [-0.05, 0) is 142 Å². The van der Waals surface area contributed by atoms with Crippen molar-refractivity contribution in [2.75, 3.05) is 0 Å². The molecule has 0 unspecified atom stereocenters. The van der Waals surface area contributed by atoms with E-state index in [4.69, 9.17) is 0 Å². The third-order valence-electron chi connectivity index (χ3n) is 15.4. The molecule has 6 rings (SSSR count). The van der Waals surface area contributed by atoms with Crippen LogP contribution in [0.15, 0.2) is 119 Å². The van der Waals surface area contributed by atoms with Crippen molar-refractivity contribution >= 4 is 22.8 Å². The van der Waals surface area contributed by atoms with Crippen LogP contribution in [0.5, 0.6) is 0 Å². The number of allylic oxidation sites excluding steroid dienone is 4. The van der Waals surface area contributed by atoms with Gasteiger partial charge in [0.2, 0.25) is 22.8 Å². The van der Waals surface area contributed by atoms with Gasteiger partial charge in [-0.3, -0.25) is 0 Å². The second kappa shape index (κ2) is 40.9. The summed E-state index contributed by atoms with van der Waals surface area (Å²) < 4.78 is 2.97. The van der Waals surface area contributed by atoms with Crippen molar-refractivity contribution in [3.63, 3.8) is 0 Å². The molecule has 0 N–H and O–H groups in total. The van der Waals surface area contributed by atoms with Crippen LogP contribution in [-0.2, 0) is 60.2 Å². The molecule has 0 saturated heterocycles. The molecule has 2 aliphatic rings. The molecule has 4 aromatic carbocycles. The first-order chi connectivity index (χ1) is 38.2. The van der Waals surface area contributed by atoms with E-state index in [1.54, 1.807) is 0 Å². The van der Waals surface area contributed by atoms with Crippen molar-refractivity contribution in [1.29, 1.82) is 0 Å². The van der Waals surface area contributed by atoms with Crippen molar-refractivity contribution in [2.45, 2.75) is 252 Å². The molecule has 6 heteroatoms. The van der Waals surface area contributed by atoms with E-state index in [0.717, 1.165) is 127 Å².